The van der Waals surface area contributed by atoms with E-state index in [1.165, 1.54) is 0 Å². The Morgan fingerprint density at radius 2 is 1.96 bits per heavy atom. The minimum Gasteiger partial charge on any atom is -0.450 e. The largest absolute Gasteiger partial charge is 0.450 e. The van der Waals surface area contributed by atoms with Crippen LogP contribution < -0.4 is 10.6 Å². The van der Waals surface area contributed by atoms with Crippen molar-refractivity contribution in [2.45, 2.75) is 38.3 Å². The van der Waals surface area contributed by atoms with Crippen LogP contribution in [-0.4, -0.2) is 64.0 Å². The van der Waals surface area contributed by atoms with Gasteiger partial charge in [-0.2, -0.15) is 0 Å². The van der Waals surface area contributed by atoms with Crippen molar-refractivity contribution in [3.05, 3.63) is 35.9 Å². The number of hydrogen-bond acceptors (Lipinski definition) is 5. The van der Waals surface area contributed by atoms with Crippen molar-refractivity contribution in [2.75, 3.05) is 32.8 Å². The number of benzene rings is 1. The molecule has 1 aliphatic rings. The standard InChI is InChI=1S/C19H31N3O4Si/c1-27(2,3)12-11-25-18(23)21-13-17-14-22(10-9-20-17)19(24)26-15-16-7-5-4-6-8-16/h4-8,17,20H,9-15H2,1-3H3,(H,21,23)/t17-/m1/s1. The predicted octanol–water partition coefficient (Wildman–Crippen LogP) is 2.66. The van der Waals surface area contributed by atoms with Crippen molar-refractivity contribution in [3.8, 4) is 0 Å². The molecule has 0 aromatic heterocycles. The van der Waals surface area contributed by atoms with Crippen LogP contribution in [0.25, 0.3) is 0 Å². The maximum absolute atomic E-state index is 12.3. The fraction of sp³-hybridized carbons (Fsp3) is 0.579. The van der Waals surface area contributed by atoms with Crippen LogP contribution in [-0.2, 0) is 16.1 Å². The molecule has 1 aromatic carbocycles. The van der Waals surface area contributed by atoms with Crippen molar-refractivity contribution in [1.82, 2.24) is 15.5 Å². The topological polar surface area (TPSA) is 79.9 Å². The molecule has 2 N–H and O–H groups in total. The molecule has 1 atom stereocenters. The van der Waals surface area contributed by atoms with E-state index in [1.54, 1.807) is 4.90 Å². The summed E-state index contributed by atoms with van der Waals surface area (Å²) in [5.41, 5.74) is 0.959. The molecule has 0 bridgehead atoms. The molecule has 7 nitrogen and oxygen atoms in total. The highest BCUT2D eigenvalue weighted by Gasteiger charge is 2.24. The maximum atomic E-state index is 12.3. The molecule has 1 saturated heterocycles. The van der Waals surface area contributed by atoms with Gasteiger partial charge in [-0.3, -0.25) is 0 Å². The van der Waals surface area contributed by atoms with E-state index in [0.717, 1.165) is 11.6 Å². The molecule has 0 unspecified atom stereocenters. The fourth-order valence-corrected chi connectivity index (χ4v) is 3.36. The quantitative estimate of drug-likeness (QED) is 0.696. The second-order valence-electron chi connectivity index (χ2n) is 7.96. The lowest BCUT2D eigenvalue weighted by molar-refractivity contribution is 0.0846. The average molecular weight is 394 g/mol. The molecule has 150 valence electrons. The minimum atomic E-state index is -1.21. The highest BCUT2D eigenvalue weighted by atomic mass is 28.3. The van der Waals surface area contributed by atoms with Crippen LogP contribution in [0, 0.1) is 0 Å². The molecule has 0 radical (unpaired) electrons. The van der Waals surface area contributed by atoms with Gasteiger partial charge in [0.1, 0.15) is 6.61 Å². The molecular formula is C19H31N3O4Si. The van der Waals surface area contributed by atoms with Gasteiger partial charge in [0.15, 0.2) is 0 Å². The number of carbonyl (C=O) groups is 2. The Labute approximate surface area is 162 Å². The first kappa shape index (κ1) is 21.2. The van der Waals surface area contributed by atoms with E-state index >= 15 is 0 Å². The van der Waals surface area contributed by atoms with Gasteiger partial charge in [-0.25, -0.2) is 9.59 Å². The number of ether oxygens (including phenoxy) is 2. The van der Waals surface area contributed by atoms with Crippen LogP contribution >= 0.6 is 0 Å². The van der Waals surface area contributed by atoms with Gasteiger partial charge >= 0.3 is 12.2 Å². The molecule has 8 heteroatoms. The molecular weight excluding hydrogens is 362 g/mol. The average Bonchev–Trinajstić information content (AvgIpc) is 2.64. The van der Waals surface area contributed by atoms with Gasteiger partial charge in [-0.05, 0) is 11.6 Å². The van der Waals surface area contributed by atoms with Crippen LogP contribution in [0.3, 0.4) is 0 Å². The third-order valence-corrected chi connectivity index (χ3v) is 6.00. The van der Waals surface area contributed by atoms with Crippen molar-refractivity contribution in [2.24, 2.45) is 0 Å². The number of piperazine rings is 1. The molecule has 1 heterocycles. The number of carbonyl (C=O) groups excluding carboxylic acids is 2. The number of rotatable bonds is 7. The Hall–Kier alpha value is -2.06. The van der Waals surface area contributed by atoms with Crippen LogP contribution in [0.15, 0.2) is 30.3 Å². The van der Waals surface area contributed by atoms with E-state index in [2.05, 4.69) is 30.3 Å². The van der Waals surface area contributed by atoms with E-state index in [1.807, 2.05) is 30.3 Å². The lowest BCUT2D eigenvalue weighted by atomic mass is 10.2. The predicted molar refractivity (Wildman–Crippen MR) is 107 cm³/mol. The summed E-state index contributed by atoms with van der Waals surface area (Å²) >= 11 is 0. The Morgan fingerprint density at radius 1 is 1.22 bits per heavy atom. The summed E-state index contributed by atoms with van der Waals surface area (Å²) in [7, 11) is -1.21. The summed E-state index contributed by atoms with van der Waals surface area (Å²) < 4.78 is 10.6. The summed E-state index contributed by atoms with van der Waals surface area (Å²) in [4.78, 5) is 25.7. The number of hydrogen-bond donors (Lipinski definition) is 2. The third-order valence-electron chi connectivity index (χ3n) is 4.30. The molecule has 0 spiro atoms. The van der Waals surface area contributed by atoms with E-state index < -0.39 is 14.2 Å². The van der Waals surface area contributed by atoms with Crippen LogP contribution in [0.2, 0.25) is 25.7 Å². The number of nitrogens with one attached hydrogen (secondary N) is 2. The SMILES string of the molecule is C[Si](C)(C)CCOC(=O)NC[C@@H]1CN(C(=O)OCc2ccccc2)CCN1. The van der Waals surface area contributed by atoms with Crippen molar-refractivity contribution in [1.29, 1.82) is 0 Å². The van der Waals surface area contributed by atoms with Gasteiger partial charge in [-0.1, -0.05) is 50.0 Å². The van der Waals surface area contributed by atoms with Crippen LogP contribution in [0.5, 0.6) is 0 Å². The Kier molecular flexibility index (Phi) is 8.12. The summed E-state index contributed by atoms with van der Waals surface area (Å²) in [6, 6.07) is 10.5. The second-order valence-corrected chi connectivity index (χ2v) is 13.6. The van der Waals surface area contributed by atoms with Crippen molar-refractivity contribution >= 4 is 20.3 Å². The highest BCUT2D eigenvalue weighted by Crippen LogP contribution is 2.08. The van der Waals surface area contributed by atoms with E-state index in [0.29, 0.717) is 32.8 Å². The van der Waals surface area contributed by atoms with Crippen molar-refractivity contribution < 1.29 is 19.1 Å². The lowest BCUT2D eigenvalue weighted by Crippen LogP contribution is -2.56. The molecule has 2 amide bonds. The molecule has 2 rings (SSSR count). The zero-order valence-electron chi connectivity index (χ0n) is 16.5. The number of amides is 2. The van der Waals surface area contributed by atoms with E-state index in [4.69, 9.17) is 9.47 Å². The molecule has 0 saturated carbocycles. The zero-order chi connectivity index (χ0) is 19.7. The molecule has 1 aliphatic heterocycles. The van der Waals surface area contributed by atoms with Crippen molar-refractivity contribution in [3.63, 3.8) is 0 Å². The normalized spacial score (nSPS) is 17.3. The Bertz CT molecular complexity index is 607. The Balaban J connectivity index is 1.67. The number of alkyl carbamates (subject to hydrolysis) is 1. The number of nitrogens with zero attached hydrogens (tertiary/aromatic N) is 1. The summed E-state index contributed by atoms with van der Waals surface area (Å²) in [5, 5.41) is 6.07. The first-order valence-corrected chi connectivity index (χ1v) is 13.1. The monoisotopic (exact) mass is 393 g/mol. The van der Waals surface area contributed by atoms with Gasteiger partial charge in [0.2, 0.25) is 0 Å². The second kappa shape index (κ2) is 10.3. The van der Waals surface area contributed by atoms with Gasteiger partial charge in [-0.15, -0.1) is 0 Å². The van der Waals surface area contributed by atoms with Gasteiger partial charge in [0.05, 0.1) is 6.61 Å². The van der Waals surface area contributed by atoms with Gasteiger partial charge < -0.3 is 25.0 Å². The highest BCUT2D eigenvalue weighted by molar-refractivity contribution is 6.76. The summed E-state index contributed by atoms with van der Waals surface area (Å²) in [6.07, 6.45) is -0.734. The lowest BCUT2D eigenvalue weighted by Gasteiger charge is -2.33. The fourth-order valence-electron chi connectivity index (χ4n) is 2.65. The Morgan fingerprint density at radius 3 is 2.67 bits per heavy atom. The summed E-state index contributed by atoms with van der Waals surface area (Å²) in [6.45, 7) is 9.59. The van der Waals surface area contributed by atoms with Crippen LogP contribution in [0.1, 0.15) is 5.56 Å². The van der Waals surface area contributed by atoms with E-state index in [9.17, 15) is 9.59 Å². The third kappa shape index (κ3) is 8.44. The maximum Gasteiger partial charge on any atom is 0.410 e. The van der Waals surface area contributed by atoms with Gasteiger partial charge in [0, 0.05) is 40.3 Å². The van der Waals surface area contributed by atoms with Gasteiger partial charge in [0.25, 0.3) is 0 Å². The summed E-state index contributed by atoms with van der Waals surface area (Å²) in [5.74, 6) is 0. The first-order chi connectivity index (χ1) is 12.8. The zero-order valence-corrected chi connectivity index (χ0v) is 17.5. The first-order valence-electron chi connectivity index (χ1n) is 9.43. The minimum absolute atomic E-state index is 0.0208. The van der Waals surface area contributed by atoms with Crippen LogP contribution in [0.4, 0.5) is 9.59 Å². The van der Waals surface area contributed by atoms with E-state index in [-0.39, 0.29) is 18.7 Å². The molecule has 27 heavy (non-hydrogen) atoms. The molecule has 1 aromatic rings. The smallest absolute Gasteiger partial charge is 0.410 e. The molecule has 1 fully saturated rings. The molecule has 0 aliphatic carbocycles.